The average molecular weight is 286 g/mol. The molecule has 1 aromatic rings. The predicted octanol–water partition coefficient (Wildman–Crippen LogP) is 2.07. The first kappa shape index (κ1) is 15.1. The number of halogens is 5. The zero-order valence-electron chi connectivity index (χ0n) is 9.04. The first-order chi connectivity index (χ1) is 8.65. The van der Waals surface area contributed by atoms with Crippen LogP contribution >= 0.6 is 0 Å². The molecule has 0 radical (unpaired) electrons. The maximum absolute atomic E-state index is 12.6. The van der Waals surface area contributed by atoms with Gasteiger partial charge in [-0.25, -0.2) is 18.6 Å². The third kappa shape index (κ3) is 3.74. The molecule has 1 rings (SSSR count). The molecule has 0 aliphatic carbocycles. The summed E-state index contributed by atoms with van der Waals surface area (Å²) in [5, 5.41) is 8.65. The van der Waals surface area contributed by atoms with Crippen molar-refractivity contribution < 1.29 is 36.6 Å². The van der Waals surface area contributed by atoms with Crippen molar-refractivity contribution in [1.29, 1.82) is 0 Å². The van der Waals surface area contributed by atoms with Gasteiger partial charge in [-0.15, -0.1) is 13.2 Å². The summed E-state index contributed by atoms with van der Waals surface area (Å²) < 4.78 is 64.7. The molecular formula is C9H7F5N2O3. The summed E-state index contributed by atoms with van der Waals surface area (Å²) in [4.78, 5) is 13.7. The van der Waals surface area contributed by atoms with Crippen LogP contribution in [0.5, 0.6) is 5.75 Å². The number of carbonyl (C=O) groups is 1. The Labute approximate surface area is 102 Å². The van der Waals surface area contributed by atoms with Crippen LogP contribution in [-0.2, 0) is 6.54 Å². The Balaban J connectivity index is 3.40. The van der Waals surface area contributed by atoms with Gasteiger partial charge in [0.15, 0.2) is 11.4 Å². The number of aromatic carboxylic acids is 1. The molecule has 1 heterocycles. The van der Waals surface area contributed by atoms with Crippen LogP contribution in [0, 0.1) is 0 Å². The minimum absolute atomic E-state index is 0.431. The van der Waals surface area contributed by atoms with Gasteiger partial charge in [0.05, 0.1) is 0 Å². The van der Waals surface area contributed by atoms with Gasteiger partial charge in [0.1, 0.15) is 5.69 Å². The molecule has 0 fully saturated rings. The standard InChI is InChI=1S/C9H7F5N2O3/c10-7(11)5-3(2-15)1-4(19-9(12,13)14)6(16-5)8(17)18/h1,7H,2,15H2,(H,17,18). The minimum Gasteiger partial charge on any atom is -0.476 e. The molecule has 0 aliphatic rings. The molecule has 0 aromatic carbocycles. The first-order valence-corrected chi connectivity index (χ1v) is 4.66. The molecule has 10 heteroatoms. The first-order valence-electron chi connectivity index (χ1n) is 4.66. The number of nitrogens with two attached hydrogens (primary N) is 1. The van der Waals surface area contributed by atoms with E-state index in [0.717, 1.165) is 0 Å². The molecule has 5 nitrogen and oxygen atoms in total. The molecule has 0 spiro atoms. The van der Waals surface area contributed by atoms with Gasteiger partial charge >= 0.3 is 12.3 Å². The highest BCUT2D eigenvalue weighted by Gasteiger charge is 2.34. The smallest absolute Gasteiger partial charge is 0.476 e. The molecule has 0 atom stereocenters. The highest BCUT2D eigenvalue weighted by atomic mass is 19.4. The molecule has 1 aromatic heterocycles. The lowest BCUT2D eigenvalue weighted by molar-refractivity contribution is -0.274. The summed E-state index contributed by atoms with van der Waals surface area (Å²) in [6.45, 7) is -0.541. The number of carboxylic acid groups (broad SMARTS) is 1. The fraction of sp³-hybridized carbons (Fsp3) is 0.333. The quantitative estimate of drug-likeness (QED) is 0.828. The van der Waals surface area contributed by atoms with Crippen molar-refractivity contribution in [3.63, 3.8) is 0 Å². The van der Waals surface area contributed by atoms with Gasteiger partial charge in [-0.1, -0.05) is 0 Å². The molecule has 0 unspecified atom stereocenters. The van der Waals surface area contributed by atoms with Crippen molar-refractivity contribution in [2.24, 2.45) is 5.73 Å². The van der Waals surface area contributed by atoms with E-state index < -0.39 is 48.0 Å². The zero-order chi connectivity index (χ0) is 14.8. The summed E-state index contributed by atoms with van der Waals surface area (Å²) in [5.74, 6) is -3.12. The van der Waals surface area contributed by atoms with E-state index in [-0.39, 0.29) is 0 Å². The number of pyridine rings is 1. The third-order valence-corrected chi connectivity index (χ3v) is 1.95. The van der Waals surface area contributed by atoms with Crippen LogP contribution in [0.4, 0.5) is 22.0 Å². The minimum atomic E-state index is -5.18. The van der Waals surface area contributed by atoms with Gasteiger partial charge in [0.2, 0.25) is 0 Å². The zero-order valence-corrected chi connectivity index (χ0v) is 9.04. The average Bonchev–Trinajstić information content (AvgIpc) is 2.25. The van der Waals surface area contributed by atoms with Crippen molar-refractivity contribution in [2.75, 3.05) is 0 Å². The number of carboxylic acids is 1. The van der Waals surface area contributed by atoms with Crippen LogP contribution in [0.2, 0.25) is 0 Å². The lowest BCUT2D eigenvalue weighted by Gasteiger charge is -2.14. The molecule has 0 saturated heterocycles. The second-order valence-electron chi connectivity index (χ2n) is 3.24. The maximum Gasteiger partial charge on any atom is 0.573 e. The highest BCUT2D eigenvalue weighted by Crippen LogP contribution is 2.30. The molecule has 19 heavy (non-hydrogen) atoms. The van der Waals surface area contributed by atoms with Gasteiger partial charge in [0, 0.05) is 6.54 Å². The maximum atomic E-state index is 12.6. The molecular weight excluding hydrogens is 279 g/mol. The Morgan fingerprint density at radius 3 is 2.42 bits per heavy atom. The van der Waals surface area contributed by atoms with Crippen LogP contribution in [0.15, 0.2) is 6.07 Å². The summed E-state index contributed by atoms with van der Waals surface area (Å²) in [6, 6.07) is 0.492. The van der Waals surface area contributed by atoms with Gasteiger partial charge in [-0.05, 0) is 11.6 Å². The predicted molar refractivity (Wildman–Crippen MR) is 50.7 cm³/mol. The Morgan fingerprint density at radius 2 is 2.05 bits per heavy atom. The molecule has 0 aliphatic heterocycles. The van der Waals surface area contributed by atoms with Gasteiger partial charge < -0.3 is 15.6 Å². The van der Waals surface area contributed by atoms with Crippen LogP contribution in [0.3, 0.4) is 0 Å². The summed E-state index contributed by atoms with van der Waals surface area (Å²) in [6.07, 6.45) is -8.35. The van der Waals surface area contributed by atoms with Crippen molar-refractivity contribution in [3.05, 3.63) is 23.0 Å². The van der Waals surface area contributed by atoms with E-state index in [1.54, 1.807) is 0 Å². The van der Waals surface area contributed by atoms with Crippen LogP contribution in [-0.4, -0.2) is 22.4 Å². The SMILES string of the molecule is NCc1cc(OC(F)(F)F)c(C(=O)O)nc1C(F)F. The third-order valence-electron chi connectivity index (χ3n) is 1.95. The van der Waals surface area contributed by atoms with Gasteiger partial charge in [-0.3, -0.25) is 0 Å². The van der Waals surface area contributed by atoms with Crippen molar-refractivity contribution >= 4 is 5.97 Å². The monoisotopic (exact) mass is 286 g/mol. The van der Waals surface area contributed by atoms with Crippen molar-refractivity contribution in [2.45, 2.75) is 19.3 Å². The van der Waals surface area contributed by atoms with E-state index >= 15 is 0 Å². The summed E-state index contributed by atoms with van der Waals surface area (Å²) >= 11 is 0. The number of aromatic nitrogens is 1. The lowest BCUT2D eigenvalue weighted by Crippen LogP contribution is -2.21. The Kier molecular flexibility index (Phi) is 4.24. The number of ether oxygens (including phenoxy) is 1. The van der Waals surface area contributed by atoms with Crippen molar-refractivity contribution in [3.8, 4) is 5.75 Å². The van der Waals surface area contributed by atoms with Crippen LogP contribution in [0.25, 0.3) is 0 Å². The number of alkyl halides is 5. The van der Waals surface area contributed by atoms with E-state index in [0.29, 0.717) is 6.07 Å². The Hall–Kier alpha value is -1.97. The van der Waals surface area contributed by atoms with Gasteiger partial charge in [-0.2, -0.15) is 0 Å². The largest absolute Gasteiger partial charge is 0.573 e. The fourth-order valence-corrected chi connectivity index (χ4v) is 1.26. The number of hydrogen-bond acceptors (Lipinski definition) is 4. The number of nitrogens with zero attached hydrogens (tertiary/aromatic N) is 1. The van der Waals surface area contributed by atoms with Crippen molar-refractivity contribution in [1.82, 2.24) is 4.98 Å². The van der Waals surface area contributed by atoms with E-state index in [1.165, 1.54) is 0 Å². The van der Waals surface area contributed by atoms with Gasteiger partial charge in [0.25, 0.3) is 6.43 Å². The normalized spacial score (nSPS) is 11.7. The summed E-state index contributed by atoms with van der Waals surface area (Å²) in [5.41, 5.74) is 2.41. The Morgan fingerprint density at radius 1 is 1.47 bits per heavy atom. The Bertz CT molecular complexity index is 489. The second-order valence-corrected chi connectivity index (χ2v) is 3.24. The van der Waals surface area contributed by atoms with E-state index in [9.17, 15) is 26.7 Å². The van der Waals surface area contributed by atoms with E-state index in [1.807, 2.05) is 0 Å². The molecule has 3 N–H and O–H groups in total. The number of hydrogen-bond donors (Lipinski definition) is 2. The molecule has 106 valence electrons. The highest BCUT2D eigenvalue weighted by molar-refractivity contribution is 5.88. The fourth-order valence-electron chi connectivity index (χ4n) is 1.26. The topological polar surface area (TPSA) is 85.4 Å². The van der Waals surface area contributed by atoms with E-state index in [2.05, 4.69) is 9.72 Å². The van der Waals surface area contributed by atoms with E-state index in [4.69, 9.17) is 10.8 Å². The van der Waals surface area contributed by atoms with Crippen LogP contribution < -0.4 is 10.5 Å². The molecule has 0 bridgehead atoms. The molecule has 0 saturated carbocycles. The lowest BCUT2D eigenvalue weighted by atomic mass is 10.1. The second kappa shape index (κ2) is 5.34. The number of rotatable bonds is 4. The summed E-state index contributed by atoms with van der Waals surface area (Å²) in [7, 11) is 0. The van der Waals surface area contributed by atoms with Crippen LogP contribution in [0.1, 0.15) is 28.2 Å². The molecule has 0 amide bonds.